The molecule has 3 rings (SSSR count). The quantitative estimate of drug-likeness (QED) is 0.678. The number of anilines is 1. The molecule has 0 spiro atoms. The Bertz CT molecular complexity index is 782. The molecule has 0 unspecified atom stereocenters. The van der Waals surface area contributed by atoms with Gasteiger partial charge in [-0.05, 0) is 18.2 Å². The zero-order valence-electron chi connectivity index (χ0n) is 13.3. The third-order valence-corrected chi connectivity index (χ3v) is 3.89. The lowest BCUT2D eigenvalue weighted by molar-refractivity contribution is -0.384. The molecule has 0 atom stereocenters. The van der Waals surface area contributed by atoms with Crippen LogP contribution < -0.4 is 5.32 Å². The van der Waals surface area contributed by atoms with Gasteiger partial charge in [-0.2, -0.15) is 0 Å². The Morgan fingerprint density at radius 1 is 1.08 bits per heavy atom. The smallest absolute Gasteiger partial charge is 0.321 e. The fourth-order valence-corrected chi connectivity index (χ4v) is 2.57. The summed E-state index contributed by atoms with van der Waals surface area (Å²) in [6.45, 7) is 1.52. The third-order valence-electron chi connectivity index (χ3n) is 3.89. The van der Waals surface area contributed by atoms with Crippen LogP contribution in [0.5, 0.6) is 0 Å². The summed E-state index contributed by atoms with van der Waals surface area (Å²) >= 11 is 0. The lowest BCUT2D eigenvalue weighted by Crippen LogP contribution is -2.51. The molecule has 9 nitrogen and oxygen atoms in total. The fraction of sp³-hybridized carbons (Fsp3) is 0.250. The lowest BCUT2D eigenvalue weighted by Gasteiger charge is -2.34. The van der Waals surface area contributed by atoms with E-state index in [4.69, 9.17) is 4.42 Å². The molecule has 0 radical (unpaired) electrons. The zero-order valence-corrected chi connectivity index (χ0v) is 13.3. The van der Waals surface area contributed by atoms with Gasteiger partial charge in [0.2, 0.25) is 0 Å². The number of nitro benzene ring substituents is 1. The highest BCUT2D eigenvalue weighted by Gasteiger charge is 2.26. The topological polar surface area (TPSA) is 109 Å². The average molecular weight is 344 g/mol. The minimum atomic E-state index is -0.519. The van der Waals surface area contributed by atoms with E-state index in [1.165, 1.54) is 24.5 Å². The van der Waals surface area contributed by atoms with Crippen LogP contribution in [0.1, 0.15) is 10.6 Å². The minimum absolute atomic E-state index is 0.0911. The zero-order chi connectivity index (χ0) is 17.8. The van der Waals surface area contributed by atoms with Crippen LogP contribution in [0.15, 0.2) is 47.1 Å². The predicted molar refractivity (Wildman–Crippen MR) is 88.3 cm³/mol. The minimum Gasteiger partial charge on any atom is -0.459 e. The van der Waals surface area contributed by atoms with Crippen LogP contribution in [0.4, 0.5) is 16.2 Å². The summed E-state index contributed by atoms with van der Waals surface area (Å²) in [4.78, 5) is 37.9. The Morgan fingerprint density at radius 3 is 2.44 bits per heavy atom. The van der Waals surface area contributed by atoms with Crippen molar-refractivity contribution in [3.8, 4) is 0 Å². The van der Waals surface area contributed by atoms with Crippen molar-refractivity contribution in [2.45, 2.75) is 0 Å². The van der Waals surface area contributed by atoms with Crippen LogP contribution in [0.3, 0.4) is 0 Å². The molecule has 1 saturated heterocycles. The van der Waals surface area contributed by atoms with Crippen molar-refractivity contribution in [2.24, 2.45) is 0 Å². The lowest BCUT2D eigenvalue weighted by atomic mass is 10.2. The summed E-state index contributed by atoms with van der Waals surface area (Å²) in [6, 6.07) is 8.64. The molecule has 2 heterocycles. The number of benzene rings is 1. The van der Waals surface area contributed by atoms with Crippen molar-refractivity contribution in [1.82, 2.24) is 9.80 Å². The number of urea groups is 1. The van der Waals surface area contributed by atoms with Gasteiger partial charge in [-0.3, -0.25) is 14.9 Å². The van der Waals surface area contributed by atoms with E-state index in [-0.39, 0.29) is 23.4 Å². The monoisotopic (exact) mass is 344 g/mol. The van der Waals surface area contributed by atoms with E-state index in [2.05, 4.69) is 5.32 Å². The number of non-ortho nitro benzene ring substituents is 1. The summed E-state index contributed by atoms with van der Waals surface area (Å²) in [6.07, 6.45) is 1.44. The highest BCUT2D eigenvalue weighted by molar-refractivity contribution is 5.92. The molecular formula is C16H16N4O5. The highest BCUT2D eigenvalue weighted by atomic mass is 16.6. The van der Waals surface area contributed by atoms with E-state index in [1.54, 1.807) is 28.0 Å². The average Bonchev–Trinajstić information content (AvgIpc) is 3.16. The number of amides is 3. The Morgan fingerprint density at radius 2 is 1.80 bits per heavy atom. The van der Waals surface area contributed by atoms with Gasteiger partial charge in [0.1, 0.15) is 0 Å². The Balaban J connectivity index is 1.56. The van der Waals surface area contributed by atoms with E-state index in [1.807, 2.05) is 0 Å². The molecule has 130 valence electrons. The van der Waals surface area contributed by atoms with Crippen molar-refractivity contribution in [3.63, 3.8) is 0 Å². The van der Waals surface area contributed by atoms with Crippen molar-refractivity contribution in [2.75, 3.05) is 31.5 Å². The summed E-state index contributed by atoms with van der Waals surface area (Å²) in [5.41, 5.74) is 0.264. The maximum absolute atomic E-state index is 12.3. The van der Waals surface area contributed by atoms with E-state index in [0.717, 1.165) is 0 Å². The SMILES string of the molecule is O=C(Nc1cccc([N+](=O)[O-])c1)N1CCN(C(=O)c2ccco2)CC1. The molecule has 1 aliphatic heterocycles. The third kappa shape index (κ3) is 3.77. The first-order valence-corrected chi connectivity index (χ1v) is 7.68. The van der Waals surface area contributed by atoms with Gasteiger partial charge in [0.05, 0.1) is 11.2 Å². The highest BCUT2D eigenvalue weighted by Crippen LogP contribution is 2.18. The summed E-state index contributed by atoms with van der Waals surface area (Å²) < 4.78 is 5.09. The van der Waals surface area contributed by atoms with Gasteiger partial charge >= 0.3 is 6.03 Å². The second-order valence-corrected chi connectivity index (χ2v) is 5.49. The van der Waals surface area contributed by atoms with Crippen LogP contribution in [-0.2, 0) is 0 Å². The number of nitro groups is 1. The molecule has 1 aromatic carbocycles. The number of hydrogen-bond acceptors (Lipinski definition) is 5. The Kier molecular flexibility index (Phi) is 4.64. The molecule has 1 aromatic heterocycles. The summed E-state index contributed by atoms with van der Waals surface area (Å²) in [7, 11) is 0. The number of nitrogens with one attached hydrogen (secondary N) is 1. The van der Waals surface area contributed by atoms with E-state index < -0.39 is 4.92 Å². The molecule has 1 fully saturated rings. The van der Waals surface area contributed by atoms with Gasteiger partial charge in [-0.15, -0.1) is 0 Å². The van der Waals surface area contributed by atoms with E-state index in [0.29, 0.717) is 31.9 Å². The number of rotatable bonds is 3. The number of piperazine rings is 1. The van der Waals surface area contributed by atoms with Crippen LogP contribution in [-0.4, -0.2) is 52.8 Å². The molecule has 1 aliphatic rings. The van der Waals surface area contributed by atoms with Gasteiger partial charge in [0.25, 0.3) is 11.6 Å². The van der Waals surface area contributed by atoms with Crippen molar-refractivity contribution >= 4 is 23.3 Å². The molecule has 0 aliphatic carbocycles. The maximum atomic E-state index is 12.3. The molecule has 3 amide bonds. The summed E-state index contributed by atoms with van der Waals surface area (Å²) in [5, 5.41) is 13.4. The second kappa shape index (κ2) is 7.04. The van der Waals surface area contributed by atoms with Gasteiger partial charge in [0.15, 0.2) is 5.76 Å². The molecule has 2 aromatic rings. The van der Waals surface area contributed by atoms with Crippen LogP contribution in [0, 0.1) is 10.1 Å². The molecule has 9 heteroatoms. The number of nitrogens with zero attached hydrogens (tertiary/aromatic N) is 3. The normalized spacial score (nSPS) is 14.2. The van der Waals surface area contributed by atoms with Gasteiger partial charge < -0.3 is 19.5 Å². The first-order chi connectivity index (χ1) is 12.0. The number of hydrogen-bond donors (Lipinski definition) is 1. The van der Waals surface area contributed by atoms with Crippen LogP contribution >= 0.6 is 0 Å². The predicted octanol–water partition coefficient (Wildman–Crippen LogP) is 2.18. The van der Waals surface area contributed by atoms with Crippen LogP contribution in [0.2, 0.25) is 0 Å². The molecule has 25 heavy (non-hydrogen) atoms. The van der Waals surface area contributed by atoms with Gasteiger partial charge in [-0.25, -0.2) is 4.79 Å². The van der Waals surface area contributed by atoms with Gasteiger partial charge in [-0.1, -0.05) is 6.07 Å². The molecule has 0 bridgehead atoms. The molecule has 0 saturated carbocycles. The van der Waals surface area contributed by atoms with Crippen LogP contribution in [0.25, 0.3) is 0 Å². The van der Waals surface area contributed by atoms with Crippen molar-refractivity contribution < 1.29 is 18.9 Å². The Labute approximate surface area is 143 Å². The van der Waals surface area contributed by atoms with Gasteiger partial charge in [0, 0.05) is 44.0 Å². The molecule has 1 N–H and O–H groups in total. The molecular weight excluding hydrogens is 328 g/mol. The van der Waals surface area contributed by atoms with E-state index >= 15 is 0 Å². The first-order valence-electron chi connectivity index (χ1n) is 7.68. The first kappa shape index (κ1) is 16.5. The second-order valence-electron chi connectivity index (χ2n) is 5.49. The fourth-order valence-electron chi connectivity index (χ4n) is 2.57. The van der Waals surface area contributed by atoms with Crippen molar-refractivity contribution in [3.05, 3.63) is 58.5 Å². The standard InChI is InChI=1S/C16H16N4O5/c21-15(14-5-2-10-25-14)18-6-8-19(9-7-18)16(22)17-12-3-1-4-13(11-12)20(23)24/h1-5,10-11H,6-9H2,(H,17,22). The van der Waals surface area contributed by atoms with Crippen molar-refractivity contribution in [1.29, 1.82) is 0 Å². The number of furan rings is 1. The van der Waals surface area contributed by atoms with E-state index in [9.17, 15) is 19.7 Å². The maximum Gasteiger partial charge on any atom is 0.321 e. The Hall–Kier alpha value is -3.36. The summed E-state index contributed by atoms with van der Waals surface area (Å²) in [5.74, 6) is 0.0678. The largest absolute Gasteiger partial charge is 0.459 e. The number of carbonyl (C=O) groups excluding carboxylic acids is 2. The number of carbonyl (C=O) groups is 2.